The standard InChI is InChI=1S/C14H17BrO/c1-3-4-5-6-7-8-12-9-10-14(16-2)13(15)11-12/h9-11H,3-4,7-8H2,1-2H3. The third-order valence-electron chi connectivity index (χ3n) is 2.25. The van der Waals surface area contributed by atoms with E-state index in [2.05, 4.69) is 46.8 Å². The molecule has 0 heterocycles. The Morgan fingerprint density at radius 3 is 2.62 bits per heavy atom. The fraction of sp³-hybridized carbons (Fsp3) is 0.429. The van der Waals surface area contributed by atoms with Gasteiger partial charge in [0.15, 0.2) is 0 Å². The first-order valence-corrected chi connectivity index (χ1v) is 6.35. The maximum Gasteiger partial charge on any atom is 0.133 e. The Bertz CT molecular complexity index is 387. The summed E-state index contributed by atoms with van der Waals surface area (Å²) in [7, 11) is 1.68. The van der Waals surface area contributed by atoms with E-state index < -0.39 is 0 Å². The molecule has 0 aliphatic rings. The predicted octanol–water partition coefficient (Wildman–Crippen LogP) is 4.19. The SMILES string of the molecule is CCCC#CCCc1ccc(OC)c(Br)c1. The van der Waals surface area contributed by atoms with Gasteiger partial charge in [-0.2, -0.15) is 0 Å². The van der Waals surface area contributed by atoms with Gasteiger partial charge in [0.1, 0.15) is 5.75 Å². The molecule has 1 rings (SSSR count). The second-order valence-corrected chi connectivity index (χ2v) is 4.43. The van der Waals surface area contributed by atoms with E-state index in [9.17, 15) is 0 Å². The quantitative estimate of drug-likeness (QED) is 0.752. The first-order chi connectivity index (χ1) is 7.77. The van der Waals surface area contributed by atoms with Crippen molar-refractivity contribution in [1.29, 1.82) is 0 Å². The van der Waals surface area contributed by atoms with Crippen LogP contribution in [0.15, 0.2) is 22.7 Å². The van der Waals surface area contributed by atoms with Crippen molar-refractivity contribution in [3.05, 3.63) is 28.2 Å². The second kappa shape index (κ2) is 7.35. The summed E-state index contributed by atoms with van der Waals surface area (Å²) in [5, 5.41) is 0. The smallest absolute Gasteiger partial charge is 0.133 e. The van der Waals surface area contributed by atoms with Gasteiger partial charge >= 0.3 is 0 Å². The van der Waals surface area contributed by atoms with Crippen LogP contribution in [-0.2, 0) is 6.42 Å². The number of methoxy groups -OCH3 is 1. The Morgan fingerprint density at radius 2 is 2.00 bits per heavy atom. The summed E-state index contributed by atoms with van der Waals surface area (Å²) in [5.41, 5.74) is 1.29. The van der Waals surface area contributed by atoms with Crippen LogP contribution in [0, 0.1) is 11.8 Å². The van der Waals surface area contributed by atoms with Gasteiger partial charge in [-0.15, -0.1) is 11.8 Å². The van der Waals surface area contributed by atoms with Gasteiger partial charge in [-0.25, -0.2) is 0 Å². The lowest BCUT2D eigenvalue weighted by molar-refractivity contribution is 0.412. The Labute approximate surface area is 106 Å². The normalized spacial score (nSPS) is 9.44. The minimum Gasteiger partial charge on any atom is -0.496 e. The van der Waals surface area contributed by atoms with Crippen LogP contribution < -0.4 is 4.74 Å². The van der Waals surface area contributed by atoms with Crippen LogP contribution in [-0.4, -0.2) is 7.11 Å². The molecule has 1 aromatic carbocycles. The highest BCUT2D eigenvalue weighted by molar-refractivity contribution is 9.10. The molecule has 0 spiro atoms. The molecule has 0 saturated heterocycles. The number of unbranched alkanes of at least 4 members (excludes halogenated alkanes) is 1. The van der Waals surface area contributed by atoms with Crippen LogP contribution in [0.1, 0.15) is 31.7 Å². The van der Waals surface area contributed by atoms with Gasteiger partial charge < -0.3 is 4.74 Å². The van der Waals surface area contributed by atoms with Crippen LogP contribution in [0.2, 0.25) is 0 Å². The molecule has 2 heteroatoms. The van der Waals surface area contributed by atoms with Gasteiger partial charge in [-0.05, 0) is 46.5 Å². The van der Waals surface area contributed by atoms with Crippen molar-refractivity contribution in [3.8, 4) is 17.6 Å². The highest BCUT2D eigenvalue weighted by Gasteiger charge is 2.00. The average molecular weight is 281 g/mol. The topological polar surface area (TPSA) is 9.23 Å². The Morgan fingerprint density at radius 1 is 1.25 bits per heavy atom. The highest BCUT2D eigenvalue weighted by atomic mass is 79.9. The number of rotatable bonds is 4. The van der Waals surface area contributed by atoms with E-state index in [-0.39, 0.29) is 0 Å². The molecule has 1 nitrogen and oxygen atoms in total. The first-order valence-electron chi connectivity index (χ1n) is 5.56. The minimum absolute atomic E-state index is 0.876. The lowest BCUT2D eigenvalue weighted by Crippen LogP contribution is -1.88. The van der Waals surface area contributed by atoms with Crippen molar-refractivity contribution in [3.63, 3.8) is 0 Å². The number of halogens is 1. The highest BCUT2D eigenvalue weighted by Crippen LogP contribution is 2.25. The fourth-order valence-electron chi connectivity index (χ4n) is 1.37. The molecule has 0 bridgehead atoms. The van der Waals surface area contributed by atoms with Crippen molar-refractivity contribution >= 4 is 15.9 Å². The van der Waals surface area contributed by atoms with E-state index in [0.717, 1.165) is 35.9 Å². The van der Waals surface area contributed by atoms with E-state index in [1.54, 1.807) is 7.11 Å². The molecular formula is C14H17BrO. The minimum atomic E-state index is 0.876. The van der Waals surface area contributed by atoms with Crippen molar-refractivity contribution < 1.29 is 4.74 Å². The summed E-state index contributed by atoms with van der Waals surface area (Å²) in [6.45, 7) is 2.15. The van der Waals surface area contributed by atoms with E-state index in [4.69, 9.17) is 4.74 Å². The van der Waals surface area contributed by atoms with Crippen molar-refractivity contribution in [2.45, 2.75) is 32.6 Å². The van der Waals surface area contributed by atoms with Crippen LogP contribution in [0.4, 0.5) is 0 Å². The Balaban J connectivity index is 2.50. The molecule has 16 heavy (non-hydrogen) atoms. The lowest BCUT2D eigenvalue weighted by Gasteiger charge is -2.04. The zero-order chi connectivity index (χ0) is 11.8. The van der Waals surface area contributed by atoms with E-state index in [1.165, 1.54) is 5.56 Å². The molecule has 0 atom stereocenters. The second-order valence-electron chi connectivity index (χ2n) is 3.57. The van der Waals surface area contributed by atoms with Gasteiger partial charge in [0, 0.05) is 12.8 Å². The van der Waals surface area contributed by atoms with Crippen molar-refractivity contribution in [2.75, 3.05) is 7.11 Å². The molecule has 1 aromatic rings. The maximum atomic E-state index is 5.18. The molecular weight excluding hydrogens is 264 g/mol. The molecule has 0 aromatic heterocycles. The third-order valence-corrected chi connectivity index (χ3v) is 2.87. The fourth-order valence-corrected chi connectivity index (χ4v) is 1.96. The number of ether oxygens (including phenoxy) is 1. The van der Waals surface area contributed by atoms with E-state index >= 15 is 0 Å². The van der Waals surface area contributed by atoms with Crippen LogP contribution >= 0.6 is 15.9 Å². The number of aryl methyl sites for hydroxylation is 1. The monoisotopic (exact) mass is 280 g/mol. The zero-order valence-corrected chi connectivity index (χ0v) is 11.4. The van der Waals surface area contributed by atoms with E-state index in [1.807, 2.05) is 6.07 Å². The molecule has 0 aliphatic carbocycles. The van der Waals surface area contributed by atoms with Crippen LogP contribution in [0.3, 0.4) is 0 Å². The molecule has 0 N–H and O–H groups in total. The summed E-state index contributed by atoms with van der Waals surface area (Å²) >= 11 is 3.48. The van der Waals surface area contributed by atoms with Gasteiger partial charge in [0.2, 0.25) is 0 Å². The first kappa shape index (κ1) is 13.1. The predicted molar refractivity (Wildman–Crippen MR) is 71.7 cm³/mol. The van der Waals surface area contributed by atoms with Gasteiger partial charge in [-0.1, -0.05) is 13.0 Å². The molecule has 0 aliphatic heterocycles. The average Bonchev–Trinajstić information content (AvgIpc) is 2.29. The third kappa shape index (κ3) is 4.28. The molecule has 0 saturated carbocycles. The molecule has 0 unspecified atom stereocenters. The maximum absolute atomic E-state index is 5.18. The van der Waals surface area contributed by atoms with Crippen LogP contribution in [0.5, 0.6) is 5.75 Å². The molecule has 0 fully saturated rings. The van der Waals surface area contributed by atoms with Crippen molar-refractivity contribution in [1.82, 2.24) is 0 Å². The van der Waals surface area contributed by atoms with Crippen LogP contribution in [0.25, 0.3) is 0 Å². The number of hydrogen-bond acceptors (Lipinski definition) is 1. The number of benzene rings is 1. The Hall–Kier alpha value is -0.940. The summed E-state index contributed by atoms with van der Waals surface area (Å²) in [6, 6.07) is 6.17. The zero-order valence-electron chi connectivity index (χ0n) is 9.85. The molecule has 0 amide bonds. The summed E-state index contributed by atoms with van der Waals surface area (Å²) < 4.78 is 6.19. The van der Waals surface area contributed by atoms with Gasteiger partial charge in [-0.3, -0.25) is 0 Å². The van der Waals surface area contributed by atoms with Crippen molar-refractivity contribution in [2.24, 2.45) is 0 Å². The summed E-state index contributed by atoms with van der Waals surface area (Å²) in [6.07, 6.45) is 4.07. The molecule has 0 radical (unpaired) electrons. The summed E-state index contributed by atoms with van der Waals surface area (Å²) in [5.74, 6) is 7.22. The largest absolute Gasteiger partial charge is 0.496 e. The molecule has 86 valence electrons. The summed E-state index contributed by atoms with van der Waals surface area (Å²) in [4.78, 5) is 0. The lowest BCUT2D eigenvalue weighted by atomic mass is 10.1. The van der Waals surface area contributed by atoms with Gasteiger partial charge in [0.25, 0.3) is 0 Å². The number of hydrogen-bond donors (Lipinski definition) is 0. The Kier molecular flexibility index (Phi) is 6.03. The van der Waals surface area contributed by atoms with E-state index in [0.29, 0.717) is 0 Å². The van der Waals surface area contributed by atoms with Gasteiger partial charge in [0.05, 0.1) is 11.6 Å².